The number of para-hydroxylation sites is 1. The maximum atomic E-state index is 13.2. The fraction of sp³-hybridized carbons (Fsp3) is 0.231. The number of hydrogen-bond donors (Lipinski definition) is 1. The van der Waals surface area contributed by atoms with E-state index in [1.165, 1.54) is 17.2 Å². The number of ketones is 1. The number of benzene rings is 2. The molecule has 1 N–H and O–H groups in total. The van der Waals surface area contributed by atoms with Crippen LogP contribution in [0.3, 0.4) is 0 Å². The highest BCUT2D eigenvalue weighted by Gasteiger charge is 2.44. The number of rotatable bonds is 8. The standard InChI is InChI=1S/C26H25NO6/c1-16(2)33-19-12-10-17(11-13-19)23-22(24(28)21-9-6-14-32-21)25(29)26(30)27(23)15-18-7-4-5-8-20(18)31-3/h4-14,16,23,29H,15H2,1-3H3. The number of furan rings is 1. The SMILES string of the molecule is COc1ccccc1CN1C(=O)C(O)=C(C(=O)c2ccco2)C1c1ccc(OC(C)C)cc1. The van der Waals surface area contributed by atoms with Crippen molar-refractivity contribution < 1.29 is 28.6 Å². The molecule has 2 heterocycles. The van der Waals surface area contributed by atoms with Crippen molar-refractivity contribution in [2.75, 3.05) is 7.11 Å². The lowest BCUT2D eigenvalue weighted by Gasteiger charge is -2.27. The number of hydrogen-bond acceptors (Lipinski definition) is 6. The third kappa shape index (κ3) is 4.35. The molecule has 1 aliphatic heterocycles. The van der Waals surface area contributed by atoms with Gasteiger partial charge in [0.1, 0.15) is 11.5 Å². The molecular weight excluding hydrogens is 422 g/mol. The van der Waals surface area contributed by atoms with E-state index < -0.39 is 23.5 Å². The summed E-state index contributed by atoms with van der Waals surface area (Å²) >= 11 is 0. The molecule has 1 amide bonds. The highest BCUT2D eigenvalue weighted by molar-refractivity contribution is 6.15. The molecule has 33 heavy (non-hydrogen) atoms. The lowest BCUT2D eigenvalue weighted by Crippen LogP contribution is -2.30. The molecule has 0 radical (unpaired) electrons. The van der Waals surface area contributed by atoms with Crippen molar-refractivity contribution in [1.29, 1.82) is 0 Å². The van der Waals surface area contributed by atoms with Gasteiger partial charge in [0.2, 0.25) is 5.78 Å². The average Bonchev–Trinajstić information content (AvgIpc) is 3.43. The molecule has 3 aromatic rings. The Morgan fingerprint density at radius 2 is 1.82 bits per heavy atom. The van der Waals surface area contributed by atoms with Gasteiger partial charge in [-0.25, -0.2) is 0 Å². The number of aliphatic hydroxyl groups excluding tert-OH is 1. The average molecular weight is 447 g/mol. The third-order valence-corrected chi connectivity index (χ3v) is 5.39. The van der Waals surface area contributed by atoms with Crippen LogP contribution in [0.2, 0.25) is 0 Å². The minimum atomic E-state index is -0.812. The second-order valence-electron chi connectivity index (χ2n) is 7.95. The molecular formula is C26H25NO6. The van der Waals surface area contributed by atoms with E-state index in [-0.39, 0.29) is 24.0 Å². The van der Waals surface area contributed by atoms with Gasteiger partial charge in [-0.2, -0.15) is 0 Å². The molecule has 2 aromatic carbocycles. The van der Waals surface area contributed by atoms with Crippen molar-refractivity contribution in [1.82, 2.24) is 4.90 Å². The number of carbonyl (C=O) groups is 2. The van der Waals surface area contributed by atoms with Gasteiger partial charge in [0, 0.05) is 5.56 Å². The number of aliphatic hydroxyl groups is 1. The second-order valence-corrected chi connectivity index (χ2v) is 7.95. The van der Waals surface area contributed by atoms with Crippen LogP contribution in [0.1, 0.15) is 41.6 Å². The lowest BCUT2D eigenvalue weighted by molar-refractivity contribution is -0.130. The molecule has 170 valence electrons. The van der Waals surface area contributed by atoms with Gasteiger partial charge in [0.15, 0.2) is 11.5 Å². The molecule has 7 nitrogen and oxygen atoms in total. The van der Waals surface area contributed by atoms with Gasteiger partial charge in [-0.1, -0.05) is 30.3 Å². The molecule has 0 fully saturated rings. The first-order chi connectivity index (χ1) is 15.9. The first-order valence-corrected chi connectivity index (χ1v) is 10.6. The molecule has 1 unspecified atom stereocenters. The summed E-state index contributed by atoms with van der Waals surface area (Å²) in [5, 5.41) is 10.8. The molecule has 1 aliphatic rings. The maximum absolute atomic E-state index is 13.2. The van der Waals surface area contributed by atoms with E-state index in [9.17, 15) is 14.7 Å². The van der Waals surface area contributed by atoms with Crippen LogP contribution >= 0.6 is 0 Å². The molecule has 1 atom stereocenters. The Hall–Kier alpha value is -4.00. The molecule has 0 saturated heterocycles. The Balaban J connectivity index is 1.77. The summed E-state index contributed by atoms with van der Waals surface area (Å²) in [4.78, 5) is 27.9. The first kappa shape index (κ1) is 22.2. The number of Topliss-reactive ketones (excluding diaryl/α,β-unsaturated/α-hetero) is 1. The number of ether oxygens (including phenoxy) is 2. The van der Waals surface area contributed by atoms with Gasteiger partial charge in [0.05, 0.1) is 37.6 Å². The van der Waals surface area contributed by atoms with E-state index in [1.54, 1.807) is 43.5 Å². The monoisotopic (exact) mass is 447 g/mol. The fourth-order valence-electron chi connectivity index (χ4n) is 3.95. The van der Waals surface area contributed by atoms with Crippen molar-refractivity contribution in [3.63, 3.8) is 0 Å². The van der Waals surface area contributed by atoms with Crippen molar-refractivity contribution >= 4 is 11.7 Å². The van der Waals surface area contributed by atoms with E-state index >= 15 is 0 Å². The summed E-state index contributed by atoms with van der Waals surface area (Å²) < 4.78 is 16.4. The summed E-state index contributed by atoms with van der Waals surface area (Å²) in [6.07, 6.45) is 1.38. The van der Waals surface area contributed by atoms with E-state index in [2.05, 4.69) is 0 Å². The van der Waals surface area contributed by atoms with E-state index in [0.717, 1.165) is 5.56 Å². The van der Waals surface area contributed by atoms with E-state index in [0.29, 0.717) is 17.1 Å². The molecule has 0 aliphatic carbocycles. The summed E-state index contributed by atoms with van der Waals surface area (Å²) in [6, 6.07) is 16.7. The minimum absolute atomic E-state index is 0.00554. The van der Waals surface area contributed by atoms with Gasteiger partial charge in [-0.3, -0.25) is 9.59 Å². The zero-order valence-corrected chi connectivity index (χ0v) is 18.6. The molecule has 7 heteroatoms. The Bertz CT molecular complexity index is 1180. The van der Waals surface area contributed by atoms with Crippen molar-refractivity contribution in [2.45, 2.75) is 32.5 Å². The van der Waals surface area contributed by atoms with E-state index in [4.69, 9.17) is 13.9 Å². The van der Waals surface area contributed by atoms with E-state index in [1.807, 2.05) is 32.0 Å². The Labute approximate surface area is 191 Å². The topological polar surface area (TPSA) is 89.2 Å². The van der Waals surface area contributed by atoms with Crippen LogP contribution in [0, 0.1) is 0 Å². The summed E-state index contributed by atoms with van der Waals surface area (Å²) in [7, 11) is 1.55. The molecule has 4 rings (SSSR count). The number of nitrogens with zero attached hydrogens (tertiary/aromatic N) is 1. The largest absolute Gasteiger partial charge is 0.503 e. The van der Waals surface area contributed by atoms with Crippen LogP contribution in [0.15, 0.2) is 82.7 Å². The maximum Gasteiger partial charge on any atom is 0.290 e. The van der Waals surface area contributed by atoms with Crippen LogP contribution in [-0.4, -0.2) is 34.9 Å². The fourth-order valence-corrected chi connectivity index (χ4v) is 3.95. The smallest absolute Gasteiger partial charge is 0.290 e. The van der Waals surface area contributed by atoms with Gasteiger partial charge in [0.25, 0.3) is 5.91 Å². The highest BCUT2D eigenvalue weighted by atomic mass is 16.5. The number of amides is 1. The van der Waals surface area contributed by atoms with Crippen molar-refractivity contribution in [3.8, 4) is 11.5 Å². The summed E-state index contributed by atoms with van der Waals surface area (Å²) in [5.41, 5.74) is 1.38. The number of carbonyl (C=O) groups excluding carboxylic acids is 2. The van der Waals surface area contributed by atoms with Crippen LogP contribution in [0.5, 0.6) is 11.5 Å². The van der Waals surface area contributed by atoms with Gasteiger partial charge >= 0.3 is 0 Å². The summed E-state index contributed by atoms with van der Waals surface area (Å²) in [5.74, 6) is -0.437. The molecule has 0 saturated carbocycles. The van der Waals surface area contributed by atoms with Crippen LogP contribution in [0.25, 0.3) is 0 Å². The normalized spacial score (nSPS) is 15.9. The second kappa shape index (κ2) is 9.24. The quantitative estimate of drug-likeness (QED) is 0.497. The zero-order valence-electron chi connectivity index (χ0n) is 18.6. The Kier molecular flexibility index (Phi) is 6.22. The third-order valence-electron chi connectivity index (χ3n) is 5.39. The Morgan fingerprint density at radius 3 is 2.45 bits per heavy atom. The van der Waals surface area contributed by atoms with Gasteiger partial charge in [-0.05, 0) is 49.7 Å². The predicted molar refractivity (Wildman–Crippen MR) is 121 cm³/mol. The Morgan fingerprint density at radius 1 is 1.09 bits per heavy atom. The summed E-state index contributed by atoms with van der Waals surface area (Å²) in [6.45, 7) is 4.00. The highest BCUT2D eigenvalue weighted by Crippen LogP contribution is 2.41. The van der Waals surface area contributed by atoms with Crippen molar-refractivity contribution in [2.24, 2.45) is 0 Å². The lowest BCUT2D eigenvalue weighted by atomic mass is 9.94. The molecule has 0 bridgehead atoms. The minimum Gasteiger partial charge on any atom is -0.503 e. The first-order valence-electron chi connectivity index (χ1n) is 10.6. The predicted octanol–water partition coefficient (Wildman–Crippen LogP) is 4.85. The van der Waals surface area contributed by atoms with Crippen LogP contribution in [-0.2, 0) is 11.3 Å². The zero-order chi connectivity index (χ0) is 23.5. The molecule has 1 aromatic heterocycles. The van der Waals surface area contributed by atoms with Crippen LogP contribution < -0.4 is 9.47 Å². The van der Waals surface area contributed by atoms with Crippen molar-refractivity contribution in [3.05, 3.63) is 95.1 Å². The van der Waals surface area contributed by atoms with Gasteiger partial charge in [-0.15, -0.1) is 0 Å². The number of methoxy groups -OCH3 is 1. The van der Waals surface area contributed by atoms with Gasteiger partial charge < -0.3 is 23.9 Å². The van der Waals surface area contributed by atoms with Crippen LogP contribution in [0.4, 0.5) is 0 Å². The molecule has 0 spiro atoms.